The molecular formula is C22H29N3O5S. The summed E-state index contributed by atoms with van der Waals surface area (Å²) in [5.74, 6) is -0.0714. The van der Waals surface area contributed by atoms with Gasteiger partial charge >= 0.3 is 6.09 Å². The lowest BCUT2D eigenvalue weighted by Crippen LogP contribution is -2.50. The van der Waals surface area contributed by atoms with Crippen LogP contribution in [0, 0.1) is 0 Å². The molecule has 8 nitrogen and oxygen atoms in total. The van der Waals surface area contributed by atoms with E-state index in [0.29, 0.717) is 29.0 Å². The van der Waals surface area contributed by atoms with Crippen molar-refractivity contribution in [3.63, 3.8) is 0 Å². The number of benzene rings is 1. The van der Waals surface area contributed by atoms with Crippen LogP contribution < -0.4 is 16.0 Å². The zero-order valence-electron chi connectivity index (χ0n) is 17.6. The van der Waals surface area contributed by atoms with Crippen molar-refractivity contribution >= 4 is 34.9 Å². The third-order valence-electron chi connectivity index (χ3n) is 6.04. The van der Waals surface area contributed by atoms with Gasteiger partial charge in [0.1, 0.15) is 12.2 Å². The molecule has 2 saturated heterocycles. The number of amides is 1. The summed E-state index contributed by atoms with van der Waals surface area (Å²) in [4.78, 5) is 23.9. The molecule has 4 atom stereocenters. The summed E-state index contributed by atoms with van der Waals surface area (Å²) in [7, 11) is 0. The minimum atomic E-state index is -0.607. The van der Waals surface area contributed by atoms with Gasteiger partial charge in [0.15, 0.2) is 17.0 Å². The van der Waals surface area contributed by atoms with Crippen LogP contribution in [0.25, 0.3) is 0 Å². The van der Waals surface area contributed by atoms with Gasteiger partial charge in [0.2, 0.25) is 0 Å². The van der Waals surface area contributed by atoms with Crippen molar-refractivity contribution < 1.29 is 23.8 Å². The Kier molecular flexibility index (Phi) is 7.04. The highest BCUT2D eigenvalue weighted by atomic mass is 32.1. The van der Waals surface area contributed by atoms with E-state index in [9.17, 15) is 9.59 Å². The lowest BCUT2D eigenvalue weighted by molar-refractivity contribution is 0.00879. The number of anilines is 1. The third-order valence-corrected chi connectivity index (χ3v) is 6.27. The van der Waals surface area contributed by atoms with Crippen molar-refractivity contribution in [2.24, 2.45) is 0 Å². The Labute approximate surface area is 187 Å². The van der Waals surface area contributed by atoms with Gasteiger partial charge in [0.25, 0.3) is 0 Å². The molecule has 0 aromatic heterocycles. The molecule has 1 amide bonds. The van der Waals surface area contributed by atoms with Gasteiger partial charge in [-0.3, -0.25) is 10.1 Å². The first-order chi connectivity index (χ1) is 15.0. The molecular weight excluding hydrogens is 418 g/mol. The van der Waals surface area contributed by atoms with E-state index in [4.69, 9.17) is 26.4 Å². The number of rotatable bonds is 5. The molecule has 3 N–H and O–H groups in total. The van der Waals surface area contributed by atoms with Crippen molar-refractivity contribution in [3.8, 4) is 0 Å². The SMILES string of the molecule is CC(=O)c1cccc(NC(=O)OC2COC3C(NC(=S)NC4CCCCC4)COC23)c1. The summed E-state index contributed by atoms with van der Waals surface area (Å²) in [6.45, 7) is 2.17. The fourth-order valence-corrected chi connectivity index (χ4v) is 4.75. The summed E-state index contributed by atoms with van der Waals surface area (Å²) in [6.07, 6.45) is 4.37. The molecule has 3 aliphatic rings. The molecule has 168 valence electrons. The zero-order valence-corrected chi connectivity index (χ0v) is 18.4. The van der Waals surface area contributed by atoms with E-state index in [1.165, 1.54) is 26.2 Å². The summed E-state index contributed by atoms with van der Waals surface area (Å²) < 4.78 is 17.3. The molecule has 1 aliphatic carbocycles. The molecule has 0 bridgehead atoms. The first-order valence-corrected chi connectivity index (χ1v) is 11.3. The second-order valence-electron chi connectivity index (χ2n) is 8.36. The van der Waals surface area contributed by atoms with Crippen LogP contribution in [-0.2, 0) is 14.2 Å². The number of fused-ring (bicyclic) bond motifs is 1. The lowest BCUT2D eigenvalue weighted by Gasteiger charge is -2.26. The maximum absolute atomic E-state index is 12.3. The average Bonchev–Trinajstić information content (AvgIpc) is 3.32. The summed E-state index contributed by atoms with van der Waals surface area (Å²) in [5.41, 5.74) is 1.02. The van der Waals surface area contributed by atoms with E-state index < -0.39 is 12.2 Å². The number of nitrogens with one attached hydrogen (secondary N) is 3. The van der Waals surface area contributed by atoms with Crippen molar-refractivity contribution in [2.45, 2.75) is 69.4 Å². The first-order valence-electron chi connectivity index (χ1n) is 10.9. The molecule has 3 fully saturated rings. The molecule has 2 aliphatic heterocycles. The molecule has 4 unspecified atom stereocenters. The fraction of sp³-hybridized carbons (Fsp3) is 0.591. The largest absolute Gasteiger partial charge is 0.441 e. The molecule has 0 spiro atoms. The highest BCUT2D eigenvalue weighted by Crippen LogP contribution is 2.29. The highest BCUT2D eigenvalue weighted by molar-refractivity contribution is 7.80. The lowest BCUT2D eigenvalue weighted by atomic mass is 9.96. The van der Waals surface area contributed by atoms with Crippen LogP contribution in [0.2, 0.25) is 0 Å². The van der Waals surface area contributed by atoms with Gasteiger partial charge in [-0.1, -0.05) is 31.4 Å². The molecule has 0 radical (unpaired) electrons. The molecule has 1 saturated carbocycles. The van der Waals surface area contributed by atoms with E-state index in [1.807, 2.05) is 0 Å². The minimum Gasteiger partial charge on any atom is -0.441 e. The van der Waals surface area contributed by atoms with Crippen LogP contribution in [-0.4, -0.2) is 60.6 Å². The smallest absolute Gasteiger partial charge is 0.412 e. The second-order valence-corrected chi connectivity index (χ2v) is 8.77. The summed E-state index contributed by atoms with van der Waals surface area (Å²) >= 11 is 5.48. The number of carbonyl (C=O) groups excluding carboxylic acids is 2. The van der Waals surface area contributed by atoms with Crippen molar-refractivity contribution in [1.82, 2.24) is 10.6 Å². The van der Waals surface area contributed by atoms with E-state index in [2.05, 4.69) is 16.0 Å². The van der Waals surface area contributed by atoms with Crippen molar-refractivity contribution in [1.29, 1.82) is 0 Å². The standard InChI is InChI=1S/C22H29N3O5S/c1-13(26)14-6-5-9-16(10-14)24-22(27)30-18-12-29-19-17(11-28-20(18)19)25-21(31)23-15-7-3-2-4-8-15/h5-6,9-10,15,17-20H,2-4,7-8,11-12H2,1H3,(H,24,27)(H2,23,25,31). The predicted molar refractivity (Wildman–Crippen MR) is 119 cm³/mol. The maximum Gasteiger partial charge on any atom is 0.412 e. The Balaban J connectivity index is 1.26. The Bertz CT molecular complexity index is 829. The molecule has 31 heavy (non-hydrogen) atoms. The fourth-order valence-electron chi connectivity index (χ4n) is 4.43. The van der Waals surface area contributed by atoms with Crippen molar-refractivity contribution in [2.75, 3.05) is 18.5 Å². The number of Topliss-reactive ketones (excluding diaryl/α,β-unsaturated/α-hetero) is 1. The highest BCUT2D eigenvalue weighted by Gasteiger charge is 2.49. The van der Waals surface area contributed by atoms with Gasteiger partial charge in [0.05, 0.1) is 19.3 Å². The Morgan fingerprint density at radius 1 is 1.06 bits per heavy atom. The van der Waals surface area contributed by atoms with Crippen LogP contribution in [0.4, 0.5) is 10.5 Å². The van der Waals surface area contributed by atoms with Crippen LogP contribution in [0.15, 0.2) is 24.3 Å². The second kappa shape index (κ2) is 9.93. The number of carbonyl (C=O) groups is 2. The van der Waals surface area contributed by atoms with Crippen molar-refractivity contribution in [3.05, 3.63) is 29.8 Å². The minimum absolute atomic E-state index is 0.0714. The topological polar surface area (TPSA) is 97.9 Å². The Morgan fingerprint density at radius 3 is 2.61 bits per heavy atom. The van der Waals surface area contributed by atoms with Crippen LogP contribution in [0.1, 0.15) is 49.4 Å². The van der Waals surface area contributed by atoms with E-state index in [1.54, 1.807) is 24.3 Å². The quantitative estimate of drug-likeness (QED) is 0.468. The molecule has 4 rings (SSSR count). The van der Waals surface area contributed by atoms with Crippen LogP contribution >= 0.6 is 12.2 Å². The molecule has 2 heterocycles. The molecule has 9 heteroatoms. The summed E-state index contributed by atoms with van der Waals surface area (Å²) in [5, 5.41) is 9.99. The van der Waals surface area contributed by atoms with Crippen LogP contribution in [0.5, 0.6) is 0 Å². The maximum atomic E-state index is 12.3. The van der Waals surface area contributed by atoms with Gasteiger partial charge < -0.3 is 24.8 Å². The zero-order chi connectivity index (χ0) is 21.8. The molecule has 1 aromatic rings. The number of ketones is 1. The first kappa shape index (κ1) is 22.0. The monoisotopic (exact) mass is 447 g/mol. The number of ether oxygens (including phenoxy) is 3. The normalized spacial score (nSPS) is 27.9. The number of hydrogen-bond donors (Lipinski definition) is 3. The van der Waals surface area contributed by atoms with Crippen LogP contribution in [0.3, 0.4) is 0 Å². The van der Waals surface area contributed by atoms with Gasteiger partial charge in [-0.15, -0.1) is 0 Å². The van der Waals surface area contributed by atoms with E-state index in [-0.39, 0.29) is 30.6 Å². The average molecular weight is 448 g/mol. The third kappa shape index (κ3) is 5.53. The number of hydrogen-bond acceptors (Lipinski definition) is 6. The Hall–Kier alpha value is -2.23. The van der Waals surface area contributed by atoms with Gasteiger partial charge in [-0.25, -0.2) is 4.79 Å². The van der Waals surface area contributed by atoms with E-state index in [0.717, 1.165) is 12.8 Å². The molecule has 1 aromatic carbocycles. The van der Waals surface area contributed by atoms with Gasteiger partial charge in [-0.05, 0) is 44.1 Å². The predicted octanol–water partition coefficient (Wildman–Crippen LogP) is 2.77. The van der Waals surface area contributed by atoms with Gasteiger partial charge in [-0.2, -0.15) is 0 Å². The Morgan fingerprint density at radius 2 is 1.84 bits per heavy atom. The van der Waals surface area contributed by atoms with E-state index >= 15 is 0 Å². The summed E-state index contributed by atoms with van der Waals surface area (Å²) in [6, 6.07) is 7.07. The van der Waals surface area contributed by atoms with Gasteiger partial charge in [0, 0.05) is 17.3 Å². The number of thiocarbonyl (C=S) groups is 1.